The monoisotopic (exact) mass is 402 g/mol. The van der Waals surface area contributed by atoms with Gasteiger partial charge < -0.3 is 0 Å². The van der Waals surface area contributed by atoms with Crippen LogP contribution in [0.4, 0.5) is 0 Å². The third kappa shape index (κ3) is 4.26. The van der Waals surface area contributed by atoms with Crippen molar-refractivity contribution in [2.24, 2.45) is 0 Å². The van der Waals surface area contributed by atoms with Crippen LogP contribution in [0.2, 0.25) is 39.3 Å². The number of benzene rings is 3. The van der Waals surface area contributed by atoms with Gasteiger partial charge >= 0.3 is 0 Å². The Kier molecular flexibility index (Phi) is 5.60. The summed E-state index contributed by atoms with van der Waals surface area (Å²) in [5, 5.41) is 2.86. The molecule has 0 spiro atoms. The van der Waals surface area contributed by atoms with E-state index in [1.165, 1.54) is 10.4 Å². The zero-order chi connectivity index (χ0) is 20.5. The summed E-state index contributed by atoms with van der Waals surface area (Å²) in [4.78, 5) is 12.1. The molecule has 0 fully saturated rings. The predicted molar refractivity (Wildman–Crippen MR) is 129 cm³/mol. The van der Waals surface area contributed by atoms with Gasteiger partial charge in [-0.2, -0.15) is 0 Å². The van der Waals surface area contributed by atoms with Crippen molar-refractivity contribution in [3.05, 3.63) is 72.3 Å². The Bertz CT molecular complexity index is 897. The Morgan fingerprint density at radius 1 is 0.571 bits per heavy atom. The van der Waals surface area contributed by atoms with Gasteiger partial charge in [-0.15, -0.1) is 0 Å². The molecule has 3 aromatic carbocycles. The molecule has 0 aromatic heterocycles. The summed E-state index contributed by atoms with van der Waals surface area (Å²) in [6.07, 6.45) is 1.00. The molecule has 0 radical (unpaired) electrons. The van der Waals surface area contributed by atoms with E-state index in [1.54, 1.807) is 0 Å². The second-order valence-electron chi connectivity index (χ2n) is 9.54. The third-order valence-corrected chi connectivity index (χ3v) is 9.48. The normalized spacial score (nSPS) is 12.1. The first kappa shape index (κ1) is 20.5. The molecule has 0 heterocycles. The maximum atomic E-state index is 12.1. The molecule has 3 rings (SSSR count). The summed E-state index contributed by atoms with van der Waals surface area (Å²) in [5.74, 6) is 0. The third-order valence-electron chi connectivity index (χ3n) is 5.35. The van der Waals surface area contributed by atoms with Crippen molar-refractivity contribution < 1.29 is 4.79 Å². The standard InChI is InChI=1S/C25H30OSi2/c1-27(2,3)21-14-10-19(11-15-21)23-8-7-9-24(25(23)18-26)20-12-16-22(17-13-20)28(4,5)6/h7-18H,1-6H3. The molecule has 3 heteroatoms. The van der Waals surface area contributed by atoms with Crippen molar-refractivity contribution in [2.75, 3.05) is 0 Å². The number of carbonyl (C=O) groups is 1. The van der Waals surface area contributed by atoms with E-state index in [9.17, 15) is 4.79 Å². The average Bonchev–Trinajstić information content (AvgIpc) is 2.66. The molecule has 0 bridgehead atoms. The van der Waals surface area contributed by atoms with Crippen LogP contribution in [0.3, 0.4) is 0 Å². The number of hydrogen-bond donors (Lipinski definition) is 0. The zero-order valence-electron chi connectivity index (χ0n) is 17.8. The van der Waals surface area contributed by atoms with Gasteiger partial charge in [-0.1, -0.05) is 116 Å². The highest BCUT2D eigenvalue weighted by molar-refractivity contribution is 6.89. The molecule has 0 aliphatic carbocycles. The van der Waals surface area contributed by atoms with Crippen molar-refractivity contribution in [1.29, 1.82) is 0 Å². The highest BCUT2D eigenvalue weighted by atomic mass is 28.3. The van der Waals surface area contributed by atoms with Crippen LogP contribution in [0.15, 0.2) is 66.7 Å². The molecule has 0 N–H and O–H groups in total. The van der Waals surface area contributed by atoms with Crippen molar-refractivity contribution in [3.63, 3.8) is 0 Å². The van der Waals surface area contributed by atoms with Gasteiger partial charge in [-0.3, -0.25) is 4.79 Å². The van der Waals surface area contributed by atoms with E-state index >= 15 is 0 Å². The van der Waals surface area contributed by atoms with E-state index in [2.05, 4.69) is 93.9 Å². The largest absolute Gasteiger partial charge is 0.298 e. The Morgan fingerprint density at radius 2 is 0.929 bits per heavy atom. The average molecular weight is 403 g/mol. The maximum absolute atomic E-state index is 12.1. The minimum atomic E-state index is -1.33. The summed E-state index contributed by atoms with van der Waals surface area (Å²) < 4.78 is 0. The van der Waals surface area contributed by atoms with Crippen LogP contribution in [0.1, 0.15) is 10.4 Å². The summed E-state index contributed by atoms with van der Waals surface area (Å²) >= 11 is 0. The van der Waals surface area contributed by atoms with Gasteiger partial charge in [0, 0.05) is 5.56 Å². The lowest BCUT2D eigenvalue weighted by atomic mass is 9.92. The first-order valence-electron chi connectivity index (χ1n) is 9.91. The van der Waals surface area contributed by atoms with Crippen molar-refractivity contribution >= 4 is 32.8 Å². The van der Waals surface area contributed by atoms with Crippen LogP contribution in [-0.2, 0) is 0 Å². The molecular formula is C25H30OSi2. The lowest BCUT2D eigenvalue weighted by molar-refractivity contribution is 0.112. The number of aldehydes is 1. The first-order valence-corrected chi connectivity index (χ1v) is 16.9. The fourth-order valence-corrected chi connectivity index (χ4v) is 5.83. The van der Waals surface area contributed by atoms with E-state index < -0.39 is 16.1 Å². The molecule has 0 unspecified atom stereocenters. The first-order chi connectivity index (χ1) is 13.1. The molecule has 1 nitrogen and oxygen atoms in total. The molecule has 28 heavy (non-hydrogen) atoms. The van der Waals surface area contributed by atoms with Gasteiger partial charge in [0.05, 0.1) is 16.1 Å². The minimum Gasteiger partial charge on any atom is -0.298 e. The molecule has 0 atom stereocenters. The van der Waals surface area contributed by atoms with Gasteiger partial charge in [0.2, 0.25) is 0 Å². The highest BCUT2D eigenvalue weighted by Crippen LogP contribution is 2.31. The molecular weight excluding hydrogens is 372 g/mol. The maximum Gasteiger partial charge on any atom is 0.151 e. The fourth-order valence-electron chi connectivity index (χ4n) is 3.50. The van der Waals surface area contributed by atoms with Crippen LogP contribution in [0.5, 0.6) is 0 Å². The second-order valence-corrected chi connectivity index (χ2v) is 19.7. The molecule has 3 aromatic rings. The summed E-state index contributed by atoms with van der Waals surface area (Å²) in [6.45, 7) is 14.1. The number of rotatable bonds is 5. The molecule has 0 saturated carbocycles. The van der Waals surface area contributed by atoms with Crippen LogP contribution in [0, 0.1) is 0 Å². The lowest BCUT2D eigenvalue weighted by Crippen LogP contribution is -2.37. The van der Waals surface area contributed by atoms with Crippen molar-refractivity contribution in [1.82, 2.24) is 0 Å². The van der Waals surface area contributed by atoms with E-state index in [1.807, 2.05) is 12.1 Å². The van der Waals surface area contributed by atoms with Crippen LogP contribution in [-0.4, -0.2) is 22.4 Å². The number of hydrogen-bond acceptors (Lipinski definition) is 1. The van der Waals surface area contributed by atoms with E-state index in [0.29, 0.717) is 0 Å². The van der Waals surface area contributed by atoms with Gasteiger partial charge in [0.1, 0.15) is 0 Å². The SMILES string of the molecule is C[Si](C)(C)c1ccc(-c2cccc(-c3ccc([Si](C)(C)C)cc3)c2C=O)cc1. The fraction of sp³-hybridized carbons (Fsp3) is 0.240. The Balaban J connectivity index is 2.05. The Morgan fingerprint density at radius 3 is 1.21 bits per heavy atom. The second kappa shape index (κ2) is 7.65. The molecule has 144 valence electrons. The topological polar surface area (TPSA) is 17.1 Å². The van der Waals surface area contributed by atoms with Crippen molar-refractivity contribution in [3.8, 4) is 22.3 Å². The quantitative estimate of drug-likeness (QED) is 0.382. The van der Waals surface area contributed by atoms with Crippen LogP contribution < -0.4 is 10.4 Å². The summed E-state index contributed by atoms with van der Waals surface area (Å²) in [5.41, 5.74) is 4.98. The zero-order valence-corrected chi connectivity index (χ0v) is 19.8. The van der Waals surface area contributed by atoms with Crippen molar-refractivity contribution in [2.45, 2.75) is 39.3 Å². The Labute approximate surface area is 171 Å². The van der Waals surface area contributed by atoms with Crippen LogP contribution in [0.25, 0.3) is 22.3 Å². The number of carbonyl (C=O) groups excluding carboxylic acids is 1. The van der Waals surface area contributed by atoms with Gasteiger partial charge in [-0.05, 0) is 22.3 Å². The van der Waals surface area contributed by atoms with Gasteiger partial charge in [-0.25, -0.2) is 0 Å². The smallest absolute Gasteiger partial charge is 0.151 e. The molecule has 0 aliphatic rings. The van der Waals surface area contributed by atoms with E-state index in [-0.39, 0.29) is 0 Å². The van der Waals surface area contributed by atoms with Gasteiger partial charge in [0.25, 0.3) is 0 Å². The minimum absolute atomic E-state index is 0.768. The Hall–Kier alpha value is -2.24. The molecule has 0 saturated heterocycles. The van der Waals surface area contributed by atoms with Crippen LogP contribution >= 0.6 is 0 Å². The summed E-state index contributed by atoms with van der Waals surface area (Å²) in [6, 6.07) is 23.7. The van der Waals surface area contributed by atoms with Gasteiger partial charge in [0.15, 0.2) is 6.29 Å². The molecule has 0 amide bonds. The summed E-state index contributed by atoms with van der Waals surface area (Å²) in [7, 11) is -2.66. The van der Waals surface area contributed by atoms with E-state index in [4.69, 9.17) is 0 Å². The van der Waals surface area contributed by atoms with E-state index in [0.717, 1.165) is 34.1 Å². The molecule has 0 aliphatic heterocycles. The highest BCUT2D eigenvalue weighted by Gasteiger charge is 2.18. The lowest BCUT2D eigenvalue weighted by Gasteiger charge is -2.18. The predicted octanol–water partition coefficient (Wildman–Crippen LogP) is 5.92.